The largest absolute Gasteiger partial charge is 0.393 e. The van der Waals surface area contributed by atoms with Gasteiger partial charge in [0.2, 0.25) is 0 Å². The highest BCUT2D eigenvalue weighted by Gasteiger charge is 2.40. The van der Waals surface area contributed by atoms with Gasteiger partial charge in [0, 0.05) is 29.1 Å². The zero-order chi connectivity index (χ0) is 17.4. The summed E-state index contributed by atoms with van der Waals surface area (Å²) in [5, 5.41) is 17.9. The lowest BCUT2D eigenvalue weighted by atomic mass is 9.93. The predicted octanol–water partition coefficient (Wildman–Crippen LogP) is 3.50. The van der Waals surface area contributed by atoms with Crippen LogP contribution >= 0.6 is 11.6 Å². The number of carbonyl (C=O) groups excluding carboxylic acids is 1. The fraction of sp³-hybridized carbons (Fsp3) is 0.474. The third-order valence-corrected chi connectivity index (χ3v) is 5.80. The molecular formula is C19H22ClN3O2. The second-order valence-electron chi connectivity index (χ2n) is 7.04. The Morgan fingerprint density at radius 1 is 1.28 bits per heavy atom. The molecule has 132 valence electrons. The fourth-order valence-electron chi connectivity index (χ4n) is 4.37. The molecule has 0 radical (unpaired) electrons. The molecule has 2 fully saturated rings. The summed E-state index contributed by atoms with van der Waals surface area (Å²) in [4.78, 5) is 15.2. The van der Waals surface area contributed by atoms with Crippen LogP contribution in [-0.2, 0) is 0 Å². The topological polar surface area (TPSA) is 69.2 Å². The van der Waals surface area contributed by atoms with E-state index in [1.165, 1.54) is 0 Å². The normalized spacial score (nSPS) is 26.3. The Balaban J connectivity index is 1.62. The van der Waals surface area contributed by atoms with Crippen LogP contribution in [0.4, 0.5) is 0 Å². The number of H-pyrrole nitrogens is 1. The van der Waals surface area contributed by atoms with Crippen LogP contribution < -0.4 is 0 Å². The van der Waals surface area contributed by atoms with Crippen LogP contribution in [0.2, 0.25) is 5.02 Å². The Hall–Kier alpha value is -1.85. The van der Waals surface area contributed by atoms with Gasteiger partial charge in [0.05, 0.1) is 23.6 Å². The summed E-state index contributed by atoms with van der Waals surface area (Å²) in [6, 6.07) is 7.54. The van der Waals surface area contributed by atoms with Crippen LogP contribution in [0.5, 0.6) is 0 Å². The second-order valence-corrected chi connectivity index (χ2v) is 7.48. The second kappa shape index (κ2) is 6.81. The molecule has 6 heteroatoms. The molecule has 3 atom stereocenters. The van der Waals surface area contributed by atoms with Gasteiger partial charge in [-0.25, -0.2) is 0 Å². The van der Waals surface area contributed by atoms with Gasteiger partial charge in [0.25, 0.3) is 5.91 Å². The first-order chi connectivity index (χ1) is 12.1. The number of hydrogen-bond donors (Lipinski definition) is 2. The van der Waals surface area contributed by atoms with Gasteiger partial charge in [-0.05, 0) is 37.8 Å². The smallest absolute Gasteiger partial charge is 0.257 e. The van der Waals surface area contributed by atoms with E-state index in [2.05, 4.69) is 10.2 Å². The molecule has 1 saturated heterocycles. The number of aliphatic hydroxyl groups is 1. The van der Waals surface area contributed by atoms with Crippen molar-refractivity contribution in [2.75, 3.05) is 6.54 Å². The summed E-state index contributed by atoms with van der Waals surface area (Å²) in [6.07, 6.45) is 6.17. The van der Waals surface area contributed by atoms with E-state index in [0.717, 1.165) is 44.2 Å². The van der Waals surface area contributed by atoms with Crippen molar-refractivity contribution in [2.45, 2.75) is 44.2 Å². The Bertz CT molecular complexity index is 776. The Kier molecular flexibility index (Phi) is 4.52. The van der Waals surface area contributed by atoms with E-state index in [9.17, 15) is 9.90 Å². The number of hydrogen-bond acceptors (Lipinski definition) is 3. The van der Waals surface area contributed by atoms with Gasteiger partial charge in [-0.3, -0.25) is 9.89 Å². The van der Waals surface area contributed by atoms with E-state index in [4.69, 9.17) is 11.6 Å². The average Bonchev–Trinajstić information content (AvgIpc) is 3.34. The van der Waals surface area contributed by atoms with E-state index in [1.54, 1.807) is 12.3 Å². The lowest BCUT2D eigenvalue weighted by Gasteiger charge is -2.31. The molecule has 1 saturated carbocycles. The molecule has 1 amide bonds. The van der Waals surface area contributed by atoms with Gasteiger partial charge in [0.1, 0.15) is 0 Å². The summed E-state index contributed by atoms with van der Waals surface area (Å²) in [7, 11) is 0. The van der Waals surface area contributed by atoms with Gasteiger partial charge in [0.15, 0.2) is 0 Å². The van der Waals surface area contributed by atoms with Crippen molar-refractivity contribution >= 4 is 17.5 Å². The van der Waals surface area contributed by atoms with Crippen molar-refractivity contribution in [2.24, 2.45) is 5.92 Å². The predicted molar refractivity (Wildman–Crippen MR) is 96.4 cm³/mol. The van der Waals surface area contributed by atoms with E-state index in [1.807, 2.05) is 23.1 Å². The number of nitrogens with one attached hydrogen (secondary N) is 1. The maximum Gasteiger partial charge on any atom is 0.257 e. The molecule has 3 unspecified atom stereocenters. The number of amides is 1. The zero-order valence-electron chi connectivity index (χ0n) is 14.0. The third kappa shape index (κ3) is 3.07. The number of aliphatic hydroxyl groups excluding tert-OH is 1. The van der Waals surface area contributed by atoms with Crippen molar-refractivity contribution in [3.63, 3.8) is 0 Å². The van der Waals surface area contributed by atoms with Crippen LogP contribution in [0.1, 0.15) is 42.5 Å². The number of likely N-dealkylation sites (tertiary alicyclic amines) is 1. The molecule has 0 bridgehead atoms. The first-order valence-corrected chi connectivity index (χ1v) is 9.31. The molecular weight excluding hydrogens is 338 g/mol. The minimum atomic E-state index is -0.282. The summed E-state index contributed by atoms with van der Waals surface area (Å²) in [5.74, 6) is 0.193. The van der Waals surface area contributed by atoms with E-state index >= 15 is 0 Å². The quantitative estimate of drug-likeness (QED) is 0.881. The van der Waals surface area contributed by atoms with E-state index in [-0.39, 0.29) is 24.0 Å². The summed E-state index contributed by atoms with van der Waals surface area (Å²) < 4.78 is 0. The number of halogens is 1. The highest BCUT2D eigenvalue weighted by molar-refractivity contribution is 6.30. The van der Waals surface area contributed by atoms with Gasteiger partial charge >= 0.3 is 0 Å². The lowest BCUT2D eigenvalue weighted by Crippen LogP contribution is -2.42. The molecule has 5 nitrogen and oxygen atoms in total. The molecule has 1 aromatic heterocycles. The van der Waals surface area contributed by atoms with Crippen molar-refractivity contribution in [3.05, 3.63) is 41.0 Å². The summed E-state index contributed by atoms with van der Waals surface area (Å²) in [5.41, 5.74) is 2.12. The number of aromatic amines is 1. The Labute approximate surface area is 152 Å². The number of benzene rings is 1. The highest BCUT2D eigenvalue weighted by atomic mass is 35.5. The standard InChI is InChI=1S/C19H22ClN3O2/c20-13-5-1-4-12(10-13)18-15(11-21-22-18)19(25)23-9-3-7-16(23)14-6-2-8-17(14)24/h1,4-5,10-11,14,16-17,24H,2-3,6-9H2,(H,21,22). The molecule has 25 heavy (non-hydrogen) atoms. The average molecular weight is 360 g/mol. The van der Waals surface area contributed by atoms with Gasteiger partial charge in [-0.1, -0.05) is 30.2 Å². The minimum absolute atomic E-state index is 0.00896. The Morgan fingerprint density at radius 2 is 2.16 bits per heavy atom. The molecule has 2 aliphatic rings. The van der Waals surface area contributed by atoms with Crippen molar-refractivity contribution < 1.29 is 9.90 Å². The van der Waals surface area contributed by atoms with Crippen LogP contribution in [0, 0.1) is 5.92 Å². The van der Waals surface area contributed by atoms with Gasteiger partial charge in [-0.15, -0.1) is 0 Å². The van der Waals surface area contributed by atoms with Gasteiger partial charge in [-0.2, -0.15) is 5.10 Å². The first kappa shape index (κ1) is 16.6. The SMILES string of the molecule is O=C(c1cn[nH]c1-c1cccc(Cl)c1)N1CCCC1C1CCCC1O. The number of nitrogens with zero attached hydrogens (tertiary/aromatic N) is 2. The number of carbonyl (C=O) groups is 1. The molecule has 1 aliphatic heterocycles. The molecule has 1 aliphatic carbocycles. The summed E-state index contributed by atoms with van der Waals surface area (Å²) in [6.45, 7) is 0.743. The maximum atomic E-state index is 13.2. The number of aromatic nitrogens is 2. The molecule has 1 aromatic carbocycles. The van der Waals surface area contributed by atoms with E-state index in [0.29, 0.717) is 16.3 Å². The minimum Gasteiger partial charge on any atom is -0.393 e. The maximum absolute atomic E-state index is 13.2. The van der Waals surface area contributed by atoms with Crippen LogP contribution in [0.3, 0.4) is 0 Å². The van der Waals surface area contributed by atoms with E-state index < -0.39 is 0 Å². The van der Waals surface area contributed by atoms with Crippen LogP contribution in [0.25, 0.3) is 11.3 Å². The van der Waals surface area contributed by atoms with Gasteiger partial charge < -0.3 is 10.0 Å². The Morgan fingerprint density at radius 3 is 2.92 bits per heavy atom. The van der Waals surface area contributed by atoms with Crippen molar-refractivity contribution in [3.8, 4) is 11.3 Å². The molecule has 0 spiro atoms. The highest BCUT2D eigenvalue weighted by Crippen LogP contribution is 2.37. The third-order valence-electron chi connectivity index (χ3n) is 5.57. The monoisotopic (exact) mass is 359 g/mol. The molecule has 4 rings (SSSR count). The van der Waals surface area contributed by atoms with Crippen molar-refractivity contribution in [1.82, 2.24) is 15.1 Å². The molecule has 2 N–H and O–H groups in total. The zero-order valence-corrected chi connectivity index (χ0v) is 14.7. The first-order valence-electron chi connectivity index (χ1n) is 8.93. The van der Waals surface area contributed by atoms with Crippen molar-refractivity contribution in [1.29, 1.82) is 0 Å². The fourth-order valence-corrected chi connectivity index (χ4v) is 4.57. The summed E-state index contributed by atoms with van der Waals surface area (Å²) >= 11 is 6.09. The number of rotatable bonds is 3. The van der Waals surface area contributed by atoms with Crippen LogP contribution in [-0.4, -0.2) is 44.8 Å². The molecule has 2 aromatic rings. The molecule has 2 heterocycles. The van der Waals surface area contributed by atoms with Crippen LogP contribution in [0.15, 0.2) is 30.5 Å². The lowest BCUT2D eigenvalue weighted by molar-refractivity contribution is 0.0528.